The van der Waals surface area contributed by atoms with E-state index < -0.39 is 0 Å². The van der Waals surface area contributed by atoms with Crippen molar-refractivity contribution in [3.63, 3.8) is 0 Å². The molecule has 0 fully saturated rings. The van der Waals surface area contributed by atoms with Gasteiger partial charge in [0.2, 0.25) is 0 Å². The molecule has 0 saturated carbocycles. The van der Waals surface area contributed by atoms with Crippen molar-refractivity contribution in [2.45, 2.75) is 6.61 Å². The van der Waals surface area contributed by atoms with Gasteiger partial charge in [0.1, 0.15) is 6.61 Å². The lowest BCUT2D eigenvalue weighted by Gasteiger charge is -2.09. The van der Waals surface area contributed by atoms with Crippen LogP contribution < -0.4 is 10.5 Å². The highest BCUT2D eigenvalue weighted by molar-refractivity contribution is 5.64. The maximum atomic E-state index is 9.87. The standard InChI is InChI=1S/C16H14N2O3/c17-16-9-14(21-18-16)12-6-7-13(19)15(8-12)20-10-11-4-2-1-3-5-11/h1-9,19H,10H2,(H2,17,18). The fourth-order valence-corrected chi connectivity index (χ4v) is 1.94. The Morgan fingerprint density at radius 2 is 1.90 bits per heavy atom. The number of phenols is 1. The van der Waals surface area contributed by atoms with Crippen molar-refractivity contribution in [2.24, 2.45) is 0 Å². The smallest absolute Gasteiger partial charge is 0.169 e. The average molecular weight is 282 g/mol. The average Bonchev–Trinajstić information content (AvgIpc) is 2.94. The molecule has 21 heavy (non-hydrogen) atoms. The van der Waals surface area contributed by atoms with Gasteiger partial charge < -0.3 is 20.1 Å². The lowest BCUT2D eigenvalue weighted by atomic mass is 10.1. The van der Waals surface area contributed by atoms with Gasteiger partial charge in [0.15, 0.2) is 23.1 Å². The number of aromatic hydroxyl groups is 1. The van der Waals surface area contributed by atoms with E-state index in [0.29, 0.717) is 23.9 Å². The van der Waals surface area contributed by atoms with Gasteiger partial charge in [-0.05, 0) is 23.8 Å². The zero-order chi connectivity index (χ0) is 14.7. The highest BCUT2D eigenvalue weighted by atomic mass is 16.5. The van der Waals surface area contributed by atoms with Crippen molar-refractivity contribution < 1.29 is 14.4 Å². The van der Waals surface area contributed by atoms with E-state index in [1.165, 1.54) is 0 Å². The van der Waals surface area contributed by atoms with Crippen LogP contribution in [0.15, 0.2) is 59.1 Å². The number of phenolic OH excluding ortho intramolecular Hbond substituents is 1. The molecule has 0 spiro atoms. The molecule has 0 unspecified atom stereocenters. The van der Waals surface area contributed by atoms with Crippen LogP contribution in [0.25, 0.3) is 11.3 Å². The molecule has 0 aliphatic heterocycles. The number of ether oxygens (including phenoxy) is 1. The SMILES string of the molecule is Nc1cc(-c2ccc(O)c(OCc3ccccc3)c2)on1. The second kappa shape index (κ2) is 5.58. The fraction of sp³-hybridized carbons (Fsp3) is 0.0625. The van der Waals surface area contributed by atoms with Crippen molar-refractivity contribution in [1.29, 1.82) is 0 Å². The lowest BCUT2D eigenvalue weighted by Crippen LogP contribution is -1.95. The van der Waals surface area contributed by atoms with Crippen LogP contribution in [0, 0.1) is 0 Å². The van der Waals surface area contributed by atoms with Crippen molar-refractivity contribution in [3.8, 4) is 22.8 Å². The zero-order valence-electron chi connectivity index (χ0n) is 11.2. The van der Waals surface area contributed by atoms with E-state index in [-0.39, 0.29) is 5.75 Å². The topological polar surface area (TPSA) is 81.5 Å². The molecule has 0 radical (unpaired) electrons. The Hall–Kier alpha value is -2.95. The number of hydrogen-bond donors (Lipinski definition) is 2. The van der Waals surface area contributed by atoms with Crippen molar-refractivity contribution in [3.05, 3.63) is 60.2 Å². The van der Waals surface area contributed by atoms with Crippen LogP contribution in [0.3, 0.4) is 0 Å². The van der Waals surface area contributed by atoms with Crippen LogP contribution in [0.5, 0.6) is 11.5 Å². The number of benzene rings is 2. The number of nitrogens with two attached hydrogens (primary N) is 1. The second-order valence-corrected chi connectivity index (χ2v) is 4.57. The molecule has 106 valence electrons. The number of anilines is 1. The Balaban J connectivity index is 1.81. The molecule has 1 aromatic heterocycles. The summed E-state index contributed by atoms with van der Waals surface area (Å²) in [6.45, 7) is 0.371. The first-order valence-electron chi connectivity index (χ1n) is 6.45. The van der Waals surface area contributed by atoms with Crippen LogP contribution in [-0.2, 0) is 6.61 Å². The van der Waals surface area contributed by atoms with Crippen LogP contribution in [-0.4, -0.2) is 10.3 Å². The van der Waals surface area contributed by atoms with E-state index in [0.717, 1.165) is 11.1 Å². The molecule has 0 aliphatic carbocycles. The Kier molecular flexibility index (Phi) is 3.47. The number of nitrogen functional groups attached to an aromatic ring is 1. The van der Waals surface area contributed by atoms with Gasteiger partial charge in [0, 0.05) is 11.6 Å². The Morgan fingerprint density at radius 1 is 1.10 bits per heavy atom. The van der Waals surface area contributed by atoms with Gasteiger partial charge in [0.05, 0.1) is 0 Å². The van der Waals surface area contributed by atoms with Gasteiger partial charge in [-0.25, -0.2) is 0 Å². The summed E-state index contributed by atoms with van der Waals surface area (Å²) in [6.07, 6.45) is 0. The number of nitrogens with zero attached hydrogens (tertiary/aromatic N) is 1. The molecule has 3 N–H and O–H groups in total. The molecule has 2 aromatic carbocycles. The minimum atomic E-state index is 0.0715. The molecular weight excluding hydrogens is 268 g/mol. The molecule has 3 aromatic rings. The summed E-state index contributed by atoms with van der Waals surface area (Å²) >= 11 is 0. The van der Waals surface area contributed by atoms with Gasteiger partial charge in [0.25, 0.3) is 0 Å². The van der Waals surface area contributed by atoms with E-state index >= 15 is 0 Å². The van der Waals surface area contributed by atoms with Crippen molar-refractivity contribution >= 4 is 5.82 Å². The van der Waals surface area contributed by atoms with Crippen LogP contribution >= 0.6 is 0 Å². The molecule has 5 heteroatoms. The molecule has 1 heterocycles. The molecule has 0 saturated heterocycles. The summed E-state index contributed by atoms with van der Waals surface area (Å²) in [4.78, 5) is 0. The first kappa shape index (κ1) is 13.1. The third-order valence-electron chi connectivity index (χ3n) is 3.01. The summed E-state index contributed by atoms with van der Waals surface area (Å²) in [5.41, 5.74) is 7.29. The molecule has 5 nitrogen and oxygen atoms in total. The minimum Gasteiger partial charge on any atom is -0.504 e. The van der Waals surface area contributed by atoms with Gasteiger partial charge in [-0.2, -0.15) is 0 Å². The number of hydrogen-bond acceptors (Lipinski definition) is 5. The summed E-state index contributed by atoms with van der Waals surface area (Å²) in [5, 5.41) is 13.5. The van der Waals surface area contributed by atoms with Gasteiger partial charge in [-0.1, -0.05) is 35.5 Å². The Bertz CT molecular complexity index is 738. The Morgan fingerprint density at radius 3 is 2.62 bits per heavy atom. The van der Waals surface area contributed by atoms with Crippen LogP contribution in [0.2, 0.25) is 0 Å². The predicted molar refractivity (Wildman–Crippen MR) is 78.8 cm³/mol. The third-order valence-corrected chi connectivity index (χ3v) is 3.01. The normalized spacial score (nSPS) is 10.5. The molecule has 0 amide bonds. The van der Waals surface area contributed by atoms with E-state index in [9.17, 15) is 5.11 Å². The monoisotopic (exact) mass is 282 g/mol. The highest BCUT2D eigenvalue weighted by Crippen LogP contribution is 2.32. The summed E-state index contributed by atoms with van der Waals surface area (Å²) in [7, 11) is 0. The lowest BCUT2D eigenvalue weighted by molar-refractivity contribution is 0.289. The van der Waals surface area contributed by atoms with Gasteiger partial charge in [-0.3, -0.25) is 0 Å². The van der Waals surface area contributed by atoms with Gasteiger partial charge in [-0.15, -0.1) is 0 Å². The molecule has 0 atom stereocenters. The summed E-state index contributed by atoms with van der Waals surface area (Å²) in [5.74, 6) is 1.29. The van der Waals surface area contributed by atoms with E-state index in [1.54, 1.807) is 24.3 Å². The zero-order valence-corrected chi connectivity index (χ0v) is 11.2. The van der Waals surface area contributed by atoms with E-state index in [1.807, 2.05) is 30.3 Å². The van der Waals surface area contributed by atoms with Crippen LogP contribution in [0.1, 0.15) is 5.56 Å². The maximum absolute atomic E-state index is 9.87. The molecule has 0 aliphatic rings. The number of aromatic nitrogens is 1. The highest BCUT2D eigenvalue weighted by Gasteiger charge is 2.09. The maximum Gasteiger partial charge on any atom is 0.169 e. The fourth-order valence-electron chi connectivity index (χ4n) is 1.94. The molecule has 3 rings (SSSR count). The predicted octanol–water partition coefficient (Wildman–Crippen LogP) is 3.21. The third kappa shape index (κ3) is 2.97. The number of rotatable bonds is 4. The minimum absolute atomic E-state index is 0.0715. The van der Waals surface area contributed by atoms with Crippen molar-refractivity contribution in [1.82, 2.24) is 5.16 Å². The van der Waals surface area contributed by atoms with Crippen LogP contribution in [0.4, 0.5) is 5.82 Å². The largest absolute Gasteiger partial charge is 0.504 e. The first-order chi connectivity index (χ1) is 10.2. The quantitative estimate of drug-likeness (QED) is 0.768. The van der Waals surface area contributed by atoms with E-state index in [2.05, 4.69) is 5.16 Å². The summed E-state index contributed by atoms with van der Waals surface area (Å²) in [6, 6.07) is 16.3. The second-order valence-electron chi connectivity index (χ2n) is 4.57. The molecular formula is C16H14N2O3. The van der Waals surface area contributed by atoms with E-state index in [4.69, 9.17) is 15.0 Å². The van der Waals surface area contributed by atoms with Crippen molar-refractivity contribution in [2.75, 3.05) is 5.73 Å². The Labute approximate surface area is 121 Å². The first-order valence-corrected chi connectivity index (χ1v) is 6.45. The molecule has 0 bridgehead atoms. The van der Waals surface area contributed by atoms with Gasteiger partial charge >= 0.3 is 0 Å². The summed E-state index contributed by atoms with van der Waals surface area (Å²) < 4.78 is 10.7.